The number of nitrogens with zero attached hydrogens (tertiary/aromatic N) is 2. The number of hydrogen-bond donors (Lipinski definition) is 1. The van der Waals surface area contributed by atoms with E-state index in [1.165, 1.54) is 11.1 Å². The van der Waals surface area contributed by atoms with E-state index in [-0.39, 0.29) is 0 Å². The summed E-state index contributed by atoms with van der Waals surface area (Å²) in [6, 6.07) is 14.7. The van der Waals surface area contributed by atoms with Gasteiger partial charge in [-0.05, 0) is 42.5 Å². The van der Waals surface area contributed by atoms with Crippen LogP contribution in [0.5, 0.6) is 0 Å². The van der Waals surface area contributed by atoms with E-state index < -0.39 is 0 Å². The van der Waals surface area contributed by atoms with Crippen LogP contribution in [0.3, 0.4) is 0 Å². The summed E-state index contributed by atoms with van der Waals surface area (Å²) in [4.78, 5) is 4.46. The average Bonchev–Trinajstić information content (AvgIpc) is 2.84. The Kier molecular flexibility index (Phi) is 2.89. The minimum Gasteiger partial charge on any atom is -0.369 e. The van der Waals surface area contributed by atoms with Gasteiger partial charge in [0.05, 0.1) is 16.1 Å². The molecule has 0 fully saturated rings. The molecule has 0 amide bonds. The molecule has 1 heterocycles. The van der Waals surface area contributed by atoms with E-state index in [1.807, 2.05) is 18.2 Å². The third-order valence-corrected chi connectivity index (χ3v) is 4.68. The number of benzene rings is 2. The van der Waals surface area contributed by atoms with Crippen LogP contribution in [-0.4, -0.2) is 9.55 Å². The first kappa shape index (κ1) is 12.7. The first-order valence-corrected chi connectivity index (χ1v) is 7.60. The summed E-state index contributed by atoms with van der Waals surface area (Å²) >= 11 is 6.38. The monoisotopic (exact) mass is 297 g/mol. The van der Waals surface area contributed by atoms with Crippen molar-refractivity contribution in [2.24, 2.45) is 0 Å². The van der Waals surface area contributed by atoms with E-state index >= 15 is 0 Å². The Morgan fingerprint density at radius 3 is 2.76 bits per heavy atom. The van der Waals surface area contributed by atoms with Gasteiger partial charge in [0.1, 0.15) is 0 Å². The van der Waals surface area contributed by atoms with Gasteiger partial charge in [-0.25, -0.2) is 4.98 Å². The van der Waals surface area contributed by atoms with E-state index in [0.717, 1.165) is 35.3 Å². The molecule has 0 aliphatic heterocycles. The zero-order valence-corrected chi connectivity index (χ0v) is 12.3. The van der Waals surface area contributed by atoms with Gasteiger partial charge in [0, 0.05) is 6.04 Å². The molecule has 21 heavy (non-hydrogen) atoms. The minimum absolute atomic E-state index is 0.324. The number of para-hydroxylation sites is 1. The number of hydrogen-bond acceptors (Lipinski definition) is 2. The van der Waals surface area contributed by atoms with Crippen molar-refractivity contribution in [3.8, 4) is 0 Å². The highest BCUT2D eigenvalue weighted by molar-refractivity contribution is 6.35. The van der Waals surface area contributed by atoms with Crippen molar-refractivity contribution < 1.29 is 0 Å². The highest BCUT2D eigenvalue weighted by Crippen LogP contribution is 2.35. The summed E-state index contributed by atoms with van der Waals surface area (Å²) in [7, 11) is 0. The summed E-state index contributed by atoms with van der Waals surface area (Å²) < 4.78 is 2.12. The lowest BCUT2D eigenvalue weighted by atomic mass is 9.88. The third-order valence-electron chi connectivity index (χ3n) is 4.37. The van der Waals surface area contributed by atoms with Crippen LogP contribution in [0.15, 0.2) is 42.5 Å². The second kappa shape index (κ2) is 4.78. The van der Waals surface area contributed by atoms with Crippen molar-refractivity contribution in [3.05, 3.63) is 58.6 Å². The zero-order chi connectivity index (χ0) is 14.4. The minimum atomic E-state index is 0.324. The molecule has 3 aromatic rings. The predicted molar refractivity (Wildman–Crippen MR) is 86.7 cm³/mol. The number of aromatic nitrogens is 2. The molecule has 2 aromatic carbocycles. The van der Waals surface area contributed by atoms with Crippen LogP contribution in [0.4, 0.5) is 5.95 Å². The number of aryl methyl sites for hydroxylation is 1. The third kappa shape index (κ3) is 2.00. The summed E-state index contributed by atoms with van der Waals surface area (Å²) in [5, 5.41) is 0.718. The molecule has 1 atom stereocenters. The van der Waals surface area contributed by atoms with E-state index in [0.29, 0.717) is 12.0 Å². The molecule has 1 aliphatic rings. The van der Waals surface area contributed by atoms with Crippen LogP contribution in [0.2, 0.25) is 5.02 Å². The highest BCUT2D eigenvalue weighted by atomic mass is 35.5. The van der Waals surface area contributed by atoms with Crippen LogP contribution in [0, 0.1) is 0 Å². The van der Waals surface area contributed by atoms with Crippen molar-refractivity contribution in [2.45, 2.75) is 25.3 Å². The van der Waals surface area contributed by atoms with Crippen molar-refractivity contribution in [3.63, 3.8) is 0 Å². The van der Waals surface area contributed by atoms with Gasteiger partial charge >= 0.3 is 0 Å². The smallest absolute Gasteiger partial charge is 0.201 e. The highest BCUT2D eigenvalue weighted by Gasteiger charge is 2.24. The van der Waals surface area contributed by atoms with Gasteiger partial charge in [-0.2, -0.15) is 0 Å². The van der Waals surface area contributed by atoms with Crippen LogP contribution in [-0.2, 0) is 12.8 Å². The van der Waals surface area contributed by atoms with E-state index in [4.69, 9.17) is 17.3 Å². The fourth-order valence-electron chi connectivity index (χ4n) is 3.39. The fraction of sp³-hybridized carbons (Fsp3) is 0.235. The molecule has 1 aliphatic carbocycles. The Labute approximate surface area is 128 Å². The van der Waals surface area contributed by atoms with Crippen molar-refractivity contribution >= 4 is 28.6 Å². The lowest BCUT2D eigenvalue weighted by Gasteiger charge is -2.27. The molecule has 1 unspecified atom stereocenters. The Morgan fingerprint density at radius 1 is 1.10 bits per heavy atom. The SMILES string of the molecule is Nc1nc2cccc(Cl)c2n1C1CCc2ccccc2C1. The molecule has 2 N–H and O–H groups in total. The first-order chi connectivity index (χ1) is 10.2. The van der Waals surface area contributed by atoms with Crippen molar-refractivity contribution in [1.29, 1.82) is 0 Å². The summed E-state index contributed by atoms with van der Waals surface area (Å²) in [5.41, 5.74) is 10.9. The molecule has 106 valence electrons. The molecule has 1 aromatic heterocycles. The number of anilines is 1. The van der Waals surface area contributed by atoms with Crippen LogP contribution in [0.25, 0.3) is 11.0 Å². The summed E-state index contributed by atoms with van der Waals surface area (Å²) in [5.74, 6) is 0.558. The second-order valence-electron chi connectivity index (χ2n) is 5.61. The van der Waals surface area contributed by atoms with E-state index in [2.05, 4.69) is 33.8 Å². The largest absolute Gasteiger partial charge is 0.369 e. The van der Waals surface area contributed by atoms with Crippen molar-refractivity contribution in [1.82, 2.24) is 9.55 Å². The number of imidazole rings is 1. The number of fused-ring (bicyclic) bond motifs is 2. The summed E-state index contributed by atoms with van der Waals surface area (Å²) in [6.45, 7) is 0. The van der Waals surface area contributed by atoms with Crippen LogP contribution < -0.4 is 5.73 Å². The molecule has 0 bridgehead atoms. The molecule has 3 nitrogen and oxygen atoms in total. The van der Waals surface area contributed by atoms with Crippen LogP contribution in [0.1, 0.15) is 23.6 Å². The Morgan fingerprint density at radius 2 is 1.90 bits per heavy atom. The van der Waals surface area contributed by atoms with Crippen molar-refractivity contribution in [2.75, 3.05) is 5.73 Å². The standard InChI is InChI=1S/C17H16ClN3/c18-14-6-3-7-15-16(14)21(17(19)20-15)13-9-8-11-4-1-2-5-12(11)10-13/h1-7,13H,8-10H2,(H2,19,20). The fourth-order valence-corrected chi connectivity index (χ4v) is 3.65. The average molecular weight is 298 g/mol. The van der Waals surface area contributed by atoms with E-state index in [1.54, 1.807) is 0 Å². The molecule has 0 radical (unpaired) electrons. The Balaban J connectivity index is 1.83. The van der Waals surface area contributed by atoms with Gasteiger partial charge in [0.2, 0.25) is 5.95 Å². The maximum Gasteiger partial charge on any atom is 0.201 e. The lowest BCUT2D eigenvalue weighted by Crippen LogP contribution is -2.20. The van der Waals surface area contributed by atoms with E-state index in [9.17, 15) is 0 Å². The molecular weight excluding hydrogens is 282 g/mol. The second-order valence-corrected chi connectivity index (χ2v) is 6.02. The molecule has 4 rings (SSSR count). The molecule has 0 saturated heterocycles. The Hall–Kier alpha value is -2.00. The maximum absolute atomic E-state index is 6.38. The normalized spacial score (nSPS) is 17.9. The lowest BCUT2D eigenvalue weighted by molar-refractivity contribution is 0.457. The first-order valence-electron chi connectivity index (χ1n) is 7.23. The van der Waals surface area contributed by atoms with Gasteiger partial charge in [-0.1, -0.05) is 41.9 Å². The Bertz CT molecular complexity index is 822. The summed E-state index contributed by atoms with van der Waals surface area (Å²) in [6.07, 6.45) is 3.12. The van der Waals surface area contributed by atoms with Crippen LogP contribution >= 0.6 is 11.6 Å². The van der Waals surface area contributed by atoms with Gasteiger partial charge in [-0.15, -0.1) is 0 Å². The predicted octanol–water partition coefficient (Wildman–Crippen LogP) is 4.00. The molecule has 0 saturated carbocycles. The number of nitrogens with two attached hydrogens (primary N) is 1. The van der Waals surface area contributed by atoms with Gasteiger partial charge < -0.3 is 10.3 Å². The zero-order valence-electron chi connectivity index (χ0n) is 11.6. The van der Waals surface area contributed by atoms with Gasteiger partial charge in [0.25, 0.3) is 0 Å². The maximum atomic E-state index is 6.38. The van der Waals surface area contributed by atoms with Gasteiger partial charge in [-0.3, -0.25) is 0 Å². The number of halogens is 1. The number of rotatable bonds is 1. The number of nitrogen functional groups attached to an aromatic ring is 1. The topological polar surface area (TPSA) is 43.8 Å². The molecule has 0 spiro atoms. The quantitative estimate of drug-likeness (QED) is 0.738. The molecular formula is C17H16ClN3. The van der Waals surface area contributed by atoms with Gasteiger partial charge in [0.15, 0.2) is 0 Å². The molecule has 4 heteroatoms.